The summed E-state index contributed by atoms with van der Waals surface area (Å²) < 4.78 is 8.31. The molecule has 0 radical (unpaired) electrons. The highest BCUT2D eigenvalue weighted by molar-refractivity contribution is 9.10. The van der Waals surface area contributed by atoms with Gasteiger partial charge in [0.2, 0.25) is 5.88 Å². The molecule has 13 heavy (non-hydrogen) atoms. The van der Waals surface area contributed by atoms with E-state index in [9.17, 15) is 0 Å². The largest absolute Gasteiger partial charge is 0.478 e. The standard InChI is InChI=1S/C8H12BrN3O/c9-7-6(2-3-10)8-12(11-7)4-1-5-13-8/h1-5,10H2. The molecular weight excluding hydrogens is 234 g/mol. The molecule has 0 unspecified atom stereocenters. The van der Waals surface area contributed by atoms with Crippen LogP contribution in [0.25, 0.3) is 0 Å². The molecule has 4 nitrogen and oxygen atoms in total. The Hall–Kier alpha value is -0.550. The number of halogens is 1. The summed E-state index contributed by atoms with van der Waals surface area (Å²) in [6.07, 6.45) is 1.85. The predicted octanol–water partition coefficient (Wildman–Crippen LogP) is 0.929. The minimum atomic E-state index is 0.626. The summed E-state index contributed by atoms with van der Waals surface area (Å²) in [6.45, 7) is 2.36. The maximum Gasteiger partial charge on any atom is 0.216 e. The molecule has 0 aromatic carbocycles. The summed E-state index contributed by atoms with van der Waals surface area (Å²) in [5, 5.41) is 4.32. The summed E-state index contributed by atoms with van der Waals surface area (Å²) in [6, 6.07) is 0. The number of hydrogen-bond donors (Lipinski definition) is 1. The number of aryl methyl sites for hydroxylation is 1. The third kappa shape index (κ3) is 1.58. The summed E-state index contributed by atoms with van der Waals surface area (Å²) in [5.74, 6) is 0.892. The van der Waals surface area contributed by atoms with Gasteiger partial charge in [-0.25, -0.2) is 4.68 Å². The molecule has 2 rings (SSSR count). The van der Waals surface area contributed by atoms with Crippen LogP contribution >= 0.6 is 15.9 Å². The van der Waals surface area contributed by atoms with Crippen molar-refractivity contribution in [1.82, 2.24) is 9.78 Å². The van der Waals surface area contributed by atoms with Gasteiger partial charge in [0.25, 0.3) is 0 Å². The number of nitrogens with zero attached hydrogens (tertiary/aromatic N) is 2. The van der Waals surface area contributed by atoms with Crippen LogP contribution in [0, 0.1) is 0 Å². The van der Waals surface area contributed by atoms with Crippen molar-refractivity contribution < 1.29 is 4.74 Å². The number of fused-ring (bicyclic) bond motifs is 1. The van der Waals surface area contributed by atoms with Crippen molar-refractivity contribution in [2.75, 3.05) is 13.2 Å². The zero-order valence-corrected chi connectivity index (χ0v) is 8.88. The first-order chi connectivity index (χ1) is 6.33. The lowest BCUT2D eigenvalue weighted by atomic mass is 10.2. The van der Waals surface area contributed by atoms with Gasteiger partial charge in [0.15, 0.2) is 0 Å². The van der Waals surface area contributed by atoms with Gasteiger partial charge in [-0.05, 0) is 28.9 Å². The van der Waals surface area contributed by atoms with E-state index in [4.69, 9.17) is 10.5 Å². The van der Waals surface area contributed by atoms with Crippen LogP contribution in [0.5, 0.6) is 5.88 Å². The molecule has 0 aliphatic carbocycles. The second-order valence-electron chi connectivity index (χ2n) is 3.04. The minimum Gasteiger partial charge on any atom is -0.478 e. The van der Waals surface area contributed by atoms with E-state index >= 15 is 0 Å². The molecule has 1 aliphatic heterocycles. The molecule has 0 saturated carbocycles. The lowest BCUT2D eigenvalue weighted by Gasteiger charge is -2.15. The second kappa shape index (κ2) is 3.67. The molecule has 1 aromatic rings. The van der Waals surface area contributed by atoms with Crippen molar-refractivity contribution in [2.45, 2.75) is 19.4 Å². The summed E-state index contributed by atoms with van der Waals surface area (Å²) in [5.41, 5.74) is 6.61. The number of aromatic nitrogens is 2. The van der Waals surface area contributed by atoms with Crippen LogP contribution in [-0.2, 0) is 13.0 Å². The molecule has 1 aliphatic rings. The van der Waals surface area contributed by atoms with Crippen molar-refractivity contribution in [3.05, 3.63) is 10.2 Å². The molecular formula is C8H12BrN3O. The lowest BCUT2D eigenvalue weighted by molar-refractivity contribution is 0.228. The molecule has 0 fully saturated rings. The van der Waals surface area contributed by atoms with Gasteiger partial charge in [-0.15, -0.1) is 0 Å². The van der Waals surface area contributed by atoms with E-state index in [2.05, 4.69) is 21.0 Å². The molecule has 0 spiro atoms. The Bertz CT molecular complexity index is 311. The average Bonchev–Trinajstić information content (AvgIpc) is 2.44. The molecule has 0 atom stereocenters. The van der Waals surface area contributed by atoms with E-state index in [1.165, 1.54) is 0 Å². The fourth-order valence-corrected chi connectivity index (χ4v) is 2.07. The zero-order chi connectivity index (χ0) is 9.26. The third-order valence-electron chi connectivity index (χ3n) is 2.10. The van der Waals surface area contributed by atoms with E-state index in [1.54, 1.807) is 0 Å². The highest BCUT2D eigenvalue weighted by atomic mass is 79.9. The van der Waals surface area contributed by atoms with Crippen LogP contribution in [0.15, 0.2) is 4.60 Å². The minimum absolute atomic E-state index is 0.626. The third-order valence-corrected chi connectivity index (χ3v) is 2.73. The monoisotopic (exact) mass is 245 g/mol. The zero-order valence-electron chi connectivity index (χ0n) is 7.29. The number of hydrogen-bond acceptors (Lipinski definition) is 3. The Balaban J connectivity index is 2.36. The van der Waals surface area contributed by atoms with E-state index in [-0.39, 0.29) is 0 Å². The van der Waals surface area contributed by atoms with Crippen LogP contribution in [-0.4, -0.2) is 22.9 Å². The van der Waals surface area contributed by atoms with Crippen LogP contribution in [0.2, 0.25) is 0 Å². The van der Waals surface area contributed by atoms with Crippen molar-refractivity contribution in [1.29, 1.82) is 0 Å². The maximum absolute atomic E-state index is 5.54. The summed E-state index contributed by atoms with van der Waals surface area (Å²) in [4.78, 5) is 0. The number of nitrogens with two attached hydrogens (primary N) is 1. The quantitative estimate of drug-likeness (QED) is 0.844. The van der Waals surface area contributed by atoms with Crippen LogP contribution < -0.4 is 10.5 Å². The average molecular weight is 246 g/mol. The SMILES string of the molecule is NCCc1c(Br)nn2c1OCCC2. The van der Waals surface area contributed by atoms with Gasteiger partial charge in [-0.2, -0.15) is 5.10 Å². The number of ether oxygens (including phenoxy) is 1. The van der Waals surface area contributed by atoms with Gasteiger partial charge < -0.3 is 10.5 Å². The van der Waals surface area contributed by atoms with E-state index < -0.39 is 0 Å². The Morgan fingerprint density at radius 1 is 1.62 bits per heavy atom. The van der Waals surface area contributed by atoms with Crippen LogP contribution in [0.3, 0.4) is 0 Å². The second-order valence-corrected chi connectivity index (χ2v) is 3.79. The first-order valence-corrected chi connectivity index (χ1v) is 5.20. The summed E-state index contributed by atoms with van der Waals surface area (Å²) in [7, 11) is 0. The lowest BCUT2D eigenvalue weighted by Crippen LogP contribution is -2.16. The predicted molar refractivity (Wildman–Crippen MR) is 52.8 cm³/mol. The molecule has 2 heterocycles. The molecule has 72 valence electrons. The molecule has 2 N–H and O–H groups in total. The molecule has 0 bridgehead atoms. The Labute approximate surface area is 85.2 Å². The van der Waals surface area contributed by atoms with E-state index in [1.807, 2.05) is 4.68 Å². The maximum atomic E-state index is 5.54. The van der Waals surface area contributed by atoms with Crippen LogP contribution in [0.1, 0.15) is 12.0 Å². The number of rotatable bonds is 2. The van der Waals surface area contributed by atoms with Gasteiger partial charge in [0, 0.05) is 18.5 Å². The topological polar surface area (TPSA) is 53.1 Å². The fraction of sp³-hybridized carbons (Fsp3) is 0.625. The van der Waals surface area contributed by atoms with Gasteiger partial charge >= 0.3 is 0 Å². The molecule has 5 heteroatoms. The van der Waals surface area contributed by atoms with Gasteiger partial charge in [-0.3, -0.25) is 0 Å². The van der Waals surface area contributed by atoms with Gasteiger partial charge in [0.05, 0.1) is 6.61 Å². The van der Waals surface area contributed by atoms with E-state index in [0.717, 1.165) is 42.0 Å². The van der Waals surface area contributed by atoms with Crippen molar-refractivity contribution in [2.24, 2.45) is 5.73 Å². The van der Waals surface area contributed by atoms with Crippen LogP contribution in [0.4, 0.5) is 0 Å². The van der Waals surface area contributed by atoms with Gasteiger partial charge in [0.1, 0.15) is 4.60 Å². The first-order valence-electron chi connectivity index (χ1n) is 4.41. The normalized spacial score (nSPS) is 15.2. The van der Waals surface area contributed by atoms with E-state index in [0.29, 0.717) is 6.54 Å². The van der Waals surface area contributed by atoms with Crippen molar-refractivity contribution in [3.63, 3.8) is 0 Å². The Kier molecular flexibility index (Phi) is 2.55. The Morgan fingerprint density at radius 3 is 3.23 bits per heavy atom. The fourth-order valence-electron chi connectivity index (χ4n) is 1.51. The molecule has 0 saturated heterocycles. The molecule has 0 amide bonds. The smallest absolute Gasteiger partial charge is 0.216 e. The highest BCUT2D eigenvalue weighted by Crippen LogP contribution is 2.29. The Morgan fingerprint density at radius 2 is 2.46 bits per heavy atom. The van der Waals surface area contributed by atoms with Crippen molar-refractivity contribution in [3.8, 4) is 5.88 Å². The van der Waals surface area contributed by atoms with Gasteiger partial charge in [-0.1, -0.05) is 0 Å². The first kappa shape index (κ1) is 9.02. The molecule has 1 aromatic heterocycles. The highest BCUT2D eigenvalue weighted by Gasteiger charge is 2.19. The summed E-state index contributed by atoms with van der Waals surface area (Å²) >= 11 is 3.41. The van der Waals surface area contributed by atoms with Crippen molar-refractivity contribution >= 4 is 15.9 Å².